The summed E-state index contributed by atoms with van der Waals surface area (Å²) in [6.45, 7) is 2.44. The standard InChI is InChI=1S/C13H18Cl2N2O3S/c1-8(18)9-4-6-17(7-5-9)21(19,20)11-3-2-10(14)13(16)12(11)15/h2-3,8-9,18H,4-7,16H2,1H3. The summed E-state index contributed by atoms with van der Waals surface area (Å²) < 4.78 is 26.6. The Hall–Kier alpha value is -0.530. The minimum atomic E-state index is -3.70. The molecule has 1 aliphatic heterocycles. The predicted octanol–water partition coefficient (Wildman–Crippen LogP) is 2.36. The molecular formula is C13H18Cl2N2O3S. The monoisotopic (exact) mass is 352 g/mol. The zero-order valence-electron chi connectivity index (χ0n) is 11.6. The maximum Gasteiger partial charge on any atom is 0.244 e. The van der Waals surface area contributed by atoms with Gasteiger partial charge in [0, 0.05) is 13.1 Å². The molecule has 1 fully saturated rings. The molecule has 5 nitrogen and oxygen atoms in total. The average Bonchev–Trinajstić information content (AvgIpc) is 2.44. The number of halogens is 2. The van der Waals surface area contributed by atoms with E-state index in [9.17, 15) is 13.5 Å². The molecule has 1 saturated heterocycles. The first kappa shape index (κ1) is 16.8. The van der Waals surface area contributed by atoms with E-state index < -0.39 is 16.1 Å². The van der Waals surface area contributed by atoms with Gasteiger partial charge in [-0.25, -0.2) is 8.42 Å². The van der Waals surface area contributed by atoms with E-state index in [2.05, 4.69) is 0 Å². The minimum absolute atomic E-state index is 0.0263. The van der Waals surface area contributed by atoms with E-state index in [0.29, 0.717) is 25.9 Å². The lowest BCUT2D eigenvalue weighted by Gasteiger charge is -2.32. The van der Waals surface area contributed by atoms with Crippen molar-refractivity contribution in [3.63, 3.8) is 0 Å². The van der Waals surface area contributed by atoms with Crippen LogP contribution in [-0.4, -0.2) is 37.0 Å². The van der Waals surface area contributed by atoms with Crippen molar-refractivity contribution in [3.8, 4) is 0 Å². The highest BCUT2D eigenvalue weighted by atomic mass is 35.5. The Labute approximate surface area is 134 Å². The largest absolute Gasteiger partial charge is 0.396 e. The van der Waals surface area contributed by atoms with Crippen molar-refractivity contribution in [1.29, 1.82) is 0 Å². The third kappa shape index (κ3) is 3.29. The summed E-state index contributed by atoms with van der Waals surface area (Å²) in [6.07, 6.45) is 0.819. The maximum absolute atomic E-state index is 12.6. The van der Waals surface area contributed by atoms with E-state index in [4.69, 9.17) is 28.9 Å². The Morgan fingerprint density at radius 3 is 2.43 bits per heavy atom. The predicted molar refractivity (Wildman–Crippen MR) is 84.0 cm³/mol. The third-order valence-electron chi connectivity index (χ3n) is 3.89. The van der Waals surface area contributed by atoms with Crippen molar-refractivity contribution in [2.24, 2.45) is 5.92 Å². The second kappa shape index (κ2) is 6.30. The van der Waals surface area contributed by atoms with Crippen LogP contribution in [-0.2, 0) is 10.0 Å². The van der Waals surface area contributed by atoms with E-state index in [1.54, 1.807) is 6.92 Å². The molecule has 1 atom stereocenters. The van der Waals surface area contributed by atoms with E-state index in [1.807, 2.05) is 0 Å². The number of hydrogen-bond acceptors (Lipinski definition) is 4. The van der Waals surface area contributed by atoms with Crippen LogP contribution in [0.15, 0.2) is 17.0 Å². The van der Waals surface area contributed by atoms with Crippen LogP contribution in [0.2, 0.25) is 10.0 Å². The minimum Gasteiger partial charge on any atom is -0.396 e. The highest BCUT2D eigenvalue weighted by Gasteiger charge is 2.32. The van der Waals surface area contributed by atoms with Crippen LogP contribution >= 0.6 is 23.2 Å². The molecule has 1 heterocycles. The zero-order valence-corrected chi connectivity index (χ0v) is 13.9. The van der Waals surface area contributed by atoms with E-state index >= 15 is 0 Å². The molecule has 0 aliphatic carbocycles. The molecule has 1 aromatic carbocycles. The maximum atomic E-state index is 12.6. The van der Waals surface area contributed by atoms with Crippen LogP contribution in [0.25, 0.3) is 0 Å². The number of nitrogen functional groups attached to an aromatic ring is 1. The van der Waals surface area contributed by atoms with Crippen molar-refractivity contribution in [3.05, 3.63) is 22.2 Å². The Balaban J connectivity index is 2.26. The number of sulfonamides is 1. The van der Waals surface area contributed by atoms with Gasteiger partial charge in [-0.3, -0.25) is 0 Å². The second-order valence-corrected chi connectivity index (χ2v) is 7.95. The number of piperidine rings is 1. The number of hydrogen-bond donors (Lipinski definition) is 2. The quantitative estimate of drug-likeness (QED) is 0.817. The fourth-order valence-electron chi connectivity index (χ4n) is 2.49. The molecule has 2 rings (SSSR count). The van der Waals surface area contributed by atoms with Gasteiger partial charge in [-0.2, -0.15) is 4.31 Å². The van der Waals surface area contributed by atoms with Gasteiger partial charge in [0.2, 0.25) is 10.0 Å². The molecular weight excluding hydrogens is 335 g/mol. The lowest BCUT2D eigenvalue weighted by molar-refractivity contribution is 0.0912. The number of benzene rings is 1. The van der Waals surface area contributed by atoms with E-state index in [0.717, 1.165) is 0 Å². The fourth-order valence-corrected chi connectivity index (χ4v) is 4.70. The molecule has 0 bridgehead atoms. The fraction of sp³-hybridized carbons (Fsp3) is 0.538. The van der Waals surface area contributed by atoms with Gasteiger partial charge in [-0.05, 0) is 37.8 Å². The number of aliphatic hydroxyl groups is 1. The van der Waals surface area contributed by atoms with Gasteiger partial charge in [0.1, 0.15) is 4.90 Å². The molecule has 118 valence electrons. The van der Waals surface area contributed by atoms with E-state index in [1.165, 1.54) is 16.4 Å². The Bertz CT molecular complexity index is 627. The molecule has 0 amide bonds. The average molecular weight is 353 g/mol. The van der Waals surface area contributed by atoms with Gasteiger partial charge in [0.25, 0.3) is 0 Å². The summed E-state index contributed by atoms with van der Waals surface area (Å²) >= 11 is 11.9. The van der Waals surface area contributed by atoms with Gasteiger partial charge >= 0.3 is 0 Å². The lowest BCUT2D eigenvalue weighted by Crippen LogP contribution is -2.40. The van der Waals surface area contributed by atoms with Crippen molar-refractivity contribution >= 4 is 38.9 Å². The Kier molecular flexibility index (Phi) is 5.05. The van der Waals surface area contributed by atoms with Crippen molar-refractivity contribution < 1.29 is 13.5 Å². The molecule has 0 radical (unpaired) electrons. The molecule has 1 aromatic rings. The summed E-state index contributed by atoms with van der Waals surface area (Å²) in [5, 5.41) is 9.76. The van der Waals surface area contributed by atoms with Crippen molar-refractivity contribution in [2.45, 2.75) is 30.8 Å². The third-order valence-corrected chi connectivity index (χ3v) is 6.68. The number of nitrogens with two attached hydrogens (primary N) is 1. The first-order valence-electron chi connectivity index (χ1n) is 6.67. The van der Waals surface area contributed by atoms with Crippen LogP contribution in [0.5, 0.6) is 0 Å². The topological polar surface area (TPSA) is 83.6 Å². The SMILES string of the molecule is CC(O)C1CCN(S(=O)(=O)c2ccc(Cl)c(N)c2Cl)CC1. The molecule has 8 heteroatoms. The molecule has 3 N–H and O–H groups in total. The first-order chi connectivity index (χ1) is 9.75. The van der Waals surface area contributed by atoms with Gasteiger partial charge in [0.15, 0.2) is 0 Å². The highest BCUT2D eigenvalue weighted by Crippen LogP contribution is 2.35. The number of rotatable bonds is 3. The zero-order chi connectivity index (χ0) is 15.8. The van der Waals surface area contributed by atoms with Crippen molar-refractivity contribution in [2.75, 3.05) is 18.8 Å². The smallest absolute Gasteiger partial charge is 0.244 e. The molecule has 0 spiro atoms. The lowest BCUT2D eigenvalue weighted by atomic mass is 9.93. The van der Waals surface area contributed by atoms with Crippen LogP contribution in [0.1, 0.15) is 19.8 Å². The summed E-state index contributed by atoms with van der Waals surface area (Å²) in [5.41, 5.74) is 5.76. The van der Waals surface area contributed by atoms with Crippen LogP contribution < -0.4 is 5.73 Å². The normalized spacial score (nSPS) is 19.6. The van der Waals surface area contributed by atoms with Gasteiger partial charge in [-0.1, -0.05) is 23.2 Å². The Morgan fingerprint density at radius 2 is 1.90 bits per heavy atom. The summed E-state index contributed by atoms with van der Waals surface area (Å²) in [4.78, 5) is -0.0263. The molecule has 1 aliphatic rings. The van der Waals surface area contributed by atoms with Crippen LogP contribution in [0.3, 0.4) is 0 Å². The van der Waals surface area contributed by atoms with Gasteiger partial charge in [0.05, 0.1) is 21.8 Å². The molecule has 0 aromatic heterocycles. The van der Waals surface area contributed by atoms with E-state index in [-0.39, 0.29) is 26.5 Å². The highest BCUT2D eigenvalue weighted by molar-refractivity contribution is 7.89. The Morgan fingerprint density at radius 1 is 1.33 bits per heavy atom. The molecule has 0 saturated carbocycles. The van der Waals surface area contributed by atoms with Crippen LogP contribution in [0.4, 0.5) is 5.69 Å². The summed E-state index contributed by atoms with van der Waals surface area (Å²) in [7, 11) is -3.70. The number of nitrogens with zero attached hydrogens (tertiary/aromatic N) is 1. The van der Waals surface area contributed by atoms with Crippen molar-refractivity contribution in [1.82, 2.24) is 4.31 Å². The van der Waals surface area contributed by atoms with Gasteiger partial charge < -0.3 is 10.8 Å². The molecule has 21 heavy (non-hydrogen) atoms. The summed E-state index contributed by atoms with van der Waals surface area (Å²) in [6, 6.07) is 2.80. The van der Waals surface area contributed by atoms with Crippen LogP contribution in [0, 0.1) is 5.92 Å². The second-order valence-electron chi connectivity index (χ2n) is 5.26. The van der Waals surface area contributed by atoms with Gasteiger partial charge in [-0.15, -0.1) is 0 Å². The first-order valence-corrected chi connectivity index (χ1v) is 8.86. The number of aliphatic hydroxyl groups excluding tert-OH is 1. The number of anilines is 1. The summed E-state index contributed by atoms with van der Waals surface area (Å²) in [5.74, 6) is 0.127. The molecule has 1 unspecified atom stereocenters.